The molecule has 1 aliphatic heterocycles. The number of halogens is 3. The molecule has 2 aromatic rings. The number of piperazine rings is 1. The molecule has 1 aliphatic rings. The van der Waals surface area contributed by atoms with Crippen molar-refractivity contribution in [3.05, 3.63) is 65.5 Å². The van der Waals surface area contributed by atoms with Crippen molar-refractivity contribution >= 4 is 17.6 Å². The second kappa shape index (κ2) is 9.62. The van der Waals surface area contributed by atoms with E-state index in [9.17, 15) is 22.8 Å². The minimum Gasteiger partial charge on any atom is -0.326 e. The number of carbonyl (C=O) groups excluding carboxylic acids is 2. The number of anilines is 1. The molecule has 0 spiro atoms. The van der Waals surface area contributed by atoms with E-state index in [0.717, 1.165) is 6.54 Å². The maximum atomic E-state index is 13.3. The zero-order valence-electron chi connectivity index (χ0n) is 16.5. The summed E-state index contributed by atoms with van der Waals surface area (Å²) >= 11 is 0. The highest BCUT2D eigenvalue weighted by atomic mass is 19.2. The van der Waals surface area contributed by atoms with E-state index < -0.39 is 35.4 Å². The first-order valence-corrected chi connectivity index (χ1v) is 9.60. The fraction of sp³-hybridized carbons (Fsp3) is 0.333. The minimum atomic E-state index is -1.61. The number of nitrogens with one attached hydrogen (secondary N) is 2. The van der Waals surface area contributed by atoms with Crippen LogP contribution >= 0.6 is 0 Å². The van der Waals surface area contributed by atoms with Gasteiger partial charge in [0.1, 0.15) is 6.04 Å². The summed E-state index contributed by atoms with van der Waals surface area (Å²) in [6.07, 6.45) is 0. The largest absolute Gasteiger partial charge is 0.326 e. The van der Waals surface area contributed by atoms with Crippen molar-refractivity contribution in [2.75, 3.05) is 31.5 Å². The Balaban J connectivity index is 1.47. The normalized spacial score (nSPS) is 15.5. The van der Waals surface area contributed by atoms with Crippen LogP contribution < -0.4 is 10.6 Å². The number of nitrogens with zero attached hydrogens (tertiary/aromatic N) is 2. The molecule has 1 atom stereocenters. The molecule has 3 amide bonds. The molecule has 0 bridgehead atoms. The Morgan fingerprint density at radius 1 is 1.00 bits per heavy atom. The number of hydrogen-bond donors (Lipinski definition) is 2. The van der Waals surface area contributed by atoms with E-state index in [2.05, 4.69) is 27.7 Å². The van der Waals surface area contributed by atoms with Crippen LogP contribution in [0, 0.1) is 17.5 Å². The van der Waals surface area contributed by atoms with Crippen LogP contribution in [-0.2, 0) is 11.3 Å². The Morgan fingerprint density at radius 2 is 1.60 bits per heavy atom. The predicted molar refractivity (Wildman–Crippen MR) is 106 cm³/mol. The Hall–Kier alpha value is -3.07. The van der Waals surface area contributed by atoms with Crippen molar-refractivity contribution in [1.82, 2.24) is 15.1 Å². The zero-order valence-corrected chi connectivity index (χ0v) is 16.5. The van der Waals surface area contributed by atoms with E-state index in [4.69, 9.17) is 0 Å². The summed E-state index contributed by atoms with van der Waals surface area (Å²) in [5, 5.41) is 4.84. The lowest BCUT2D eigenvalue weighted by Crippen LogP contribution is -2.54. The van der Waals surface area contributed by atoms with Crippen LogP contribution in [0.2, 0.25) is 0 Å². The first-order chi connectivity index (χ1) is 14.3. The zero-order chi connectivity index (χ0) is 21.7. The average Bonchev–Trinajstić information content (AvgIpc) is 2.73. The molecule has 1 heterocycles. The third-order valence-corrected chi connectivity index (χ3v) is 4.89. The van der Waals surface area contributed by atoms with Gasteiger partial charge in [0.05, 0.1) is 0 Å². The van der Waals surface area contributed by atoms with Crippen molar-refractivity contribution in [2.45, 2.75) is 19.5 Å². The SMILES string of the molecule is C[C@@H](NC(=O)N1CCN(Cc2ccccc2)CC1)C(=O)Nc1cc(F)c(F)c(F)c1. The topological polar surface area (TPSA) is 64.7 Å². The van der Waals surface area contributed by atoms with Gasteiger partial charge in [-0.05, 0) is 12.5 Å². The van der Waals surface area contributed by atoms with Gasteiger partial charge in [0, 0.05) is 50.5 Å². The van der Waals surface area contributed by atoms with Crippen molar-refractivity contribution in [3.8, 4) is 0 Å². The number of rotatable bonds is 5. The molecule has 0 radical (unpaired) electrons. The highest BCUT2D eigenvalue weighted by Crippen LogP contribution is 2.17. The Labute approximate surface area is 172 Å². The van der Waals surface area contributed by atoms with Gasteiger partial charge in [-0.1, -0.05) is 30.3 Å². The first-order valence-electron chi connectivity index (χ1n) is 9.60. The van der Waals surface area contributed by atoms with Gasteiger partial charge in [0.2, 0.25) is 5.91 Å². The number of benzene rings is 2. The summed E-state index contributed by atoms with van der Waals surface area (Å²) < 4.78 is 39.5. The van der Waals surface area contributed by atoms with Crippen LogP contribution in [0.3, 0.4) is 0 Å². The van der Waals surface area contributed by atoms with Gasteiger partial charge >= 0.3 is 6.03 Å². The summed E-state index contributed by atoms with van der Waals surface area (Å²) in [7, 11) is 0. The third kappa shape index (κ3) is 5.50. The summed E-state index contributed by atoms with van der Waals surface area (Å²) in [5.74, 6) is -5.09. The molecule has 2 aromatic carbocycles. The van der Waals surface area contributed by atoms with Crippen LogP contribution in [-0.4, -0.2) is 54.0 Å². The summed E-state index contributed by atoms with van der Waals surface area (Å²) in [6.45, 7) is 4.70. The molecular formula is C21H23F3N4O2. The van der Waals surface area contributed by atoms with Crippen molar-refractivity contribution < 1.29 is 22.8 Å². The van der Waals surface area contributed by atoms with Crippen molar-refractivity contribution in [3.63, 3.8) is 0 Å². The molecule has 6 nitrogen and oxygen atoms in total. The molecule has 3 rings (SSSR count). The van der Waals surface area contributed by atoms with Crippen LogP contribution in [0.5, 0.6) is 0 Å². The Bertz CT molecular complexity index is 879. The highest BCUT2D eigenvalue weighted by Gasteiger charge is 2.24. The fourth-order valence-electron chi connectivity index (χ4n) is 3.17. The maximum Gasteiger partial charge on any atom is 0.318 e. The Kier molecular flexibility index (Phi) is 6.94. The molecule has 160 valence electrons. The lowest BCUT2D eigenvalue weighted by Gasteiger charge is -2.35. The van der Waals surface area contributed by atoms with Gasteiger partial charge in [0.15, 0.2) is 17.5 Å². The first kappa shape index (κ1) is 21.6. The van der Waals surface area contributed by atoms with E-state index in [1.54, 1.807) is 4.90 Å². The highest BCUT2D eigenvalue weighted by molar-refractivity contribution is 5.96. The molecule has 1 saturated heterocycles. The predicted octanol–water partition coefficient (Wildman–Crippen LogP) is 2.96. The van der Waals surface area contributed by atoms with E-state index >= 15 is 0 Å². The fourth-order valence-corrected chi connectivity index (χ4v) is 3.17. The van der Waals surface area contributed by atoms with E-state index in [1.807, 2.05) is 18.2 Å². The molecule has 0 unspecified atom stereocenters. The smallest absolute Gasteiger partial charge is 0.318 e. The van der Waals surface area contributed by atoms with Gasteiger partial charge in [-0.3, -0.25) is 9.69 Å². The molecule has 0 saturated carbocycles. The quantitative estimate of drug-likeness (QED) is 0.731. The van der Waals surface area contributed by atoms with Crippen LogP contribution in [0.25, 0.3) is 0 Å². The van der Waals surface area contributed by atoms with Gasteiger partial charge in [-0.15, -0.1) is 0 Å². The monoisotopic (exact) mass is 420 g/mol. The number of carbonyl (C=O) groups is 2. The third-order valence-electron chi connectivity index (χ3n) is 4.89. The molecule has 0 aromatic heterocycles. The van der Waals surface area contributed by atoms with Crippen LogP contribution in [0.1, 0.15) is 12.5 Å². The maximum absolute atomic E-state index is 13.3. The number of hydrogen-bond acceptors (Lipinski definition) is 3. The van der Waals surface area contributed by atoms with Crippen LogP contribution in [0.15, 0.2) is 42.5 Å². The molecule has 30 heavy (non-hydrogen) atoms. The van der Waals surface area contributed by atoms with Gasteiger partial charge in [-0.2, -0.15) is 0 Å². The van der Waals surface area contributed by atoms with Crippen molar-refractivity contribution in [1.29, 1.82) is 0 Å². The molecule has 2 N–H and O–H groups in total. The molecular weight excluding hydrogens is 397 g/mol. The van der Waals surface area contributed by atoms with E-state index in [0.29, 0.717) is 38.3 Å². The number of urea groups is 1. The lowest BCUT2D eigenvalue weighted by molar-refractivity contribution is -0.117. The van der Waals surface area contributed by atoms with Gasteiger partial charge in [0.25, 0.3) is 0 Å². The van der Waals surface area contributed by atoms with E-state index in [-0.39, 0.29) is 5.69 Å². The number of amides is 3. The second-order valence-electron chi connectivity index (χ2n) is 7.16. The molecule has 9 heteroatoms. The summed E-state index contributed by atoms with van der Waals surface area (Å²) in [6, 6.07) is 10.1. The molecule has 1 fully saturated rings. The Morgan fingerprint density at radius 3 is 2.20 bits per heavy atom. The standard InChI is InChI=1S/C21H23F3N4O2/c1-14(20(29)26-16-11-17(22)19(24)18(23)12-16)25-21(30)28-9-7-27(8-10-28)13-15-5-3-2-4-6-15/h2-6,11-12,14H,7-10,13H2,1H3,(H,25,30)(H,26,29)/t14-/m1/s1. The summed E-state index contributed by atoms with van der Waals surface area (Å²) in [5.41, 5.74) is 0.974. The van der Waals surface area contributed by atoms with Gasteiger partial charge in [-0.25, -0.2) is 18.0 Å². The average molecular weight is 420 g/mol. The second-order valence-corrected chi connectivity index (χ2v) is 7.16. The molecule has 0 aliphatic carbocycles. The van der Waals surface area contributed by atoms with Crippen LogP contribution in [0.4, 0.5) is 23.7 Å². The van der Waals surface area contributed by atoms with Gasteiger partial charge < -0.3 is 15.5 Å². The lowest BCUT2D eigenvalue weighted by atomic mass is 10.2. The van der Waals surface area contributed by atoms with E-state index in [1.165, 1.54) is 12.5 Å². The van der Waals surface area contributed by atoms with Crippen molar-refractivity contribution in [2.24, 2.45) is 0 Å². The summed E-state index contributed by atoms with van der Waals surface area (Å²) in [4.78, 5) is 28.5. The minimum absolute atomic E-state index is 0.230.